The van der Waals surface area contributed by atoms with Crippen molar-refractivity contribution < 1.29 is 9.15 Å². The Balaban J connectivity index is 1.46. The summed E-state index contributed by atoms with van der Waals surface area (Å²) in [7, 11) is 4.31. The smallest absolute Gasteiger partial charge is 0.235 e. The maximum atomic E-state index is 13.3. The van der Waals surface area contributed by atoms with Gasteiger partial charge in [-0.15, -0.1) is 0 Å². The molecule has 4 aromatic rings. The van der Waals surface area contributed by atoms with Crippen LogP contribution >= 0.6 is 0 Å². The molecular weight excluding hydrogens is 424 g/mol. The maximum absolute atomic E-state index is 13.3. The Labute approximate surface area is 200 Å². The first-order valence-electron chi connectivity index (χ1n) is 11.8. The number of piperidine rings is 1. The average molecular weight is 455 g/mol. The van der Waals surface area contributed by atoms with E-state index in [0.29, 0.717) is 29.4 Å². The molecule has 0 bridgehead atoms. The van der Waals surface area contributed by atoms with Crippen molar-refractivity contribution in [3.05, 3.63) is 94.6 Å². The third kappa shape index (κ3) is 4.57. The molecule has 1 saturated heterocycles. The van der Waals surface area contributed by atoms with Crippen LogP contribution in [0.4, 0.5) is 5.69 Å². The van der Waals surface area contributed by atoms with Gasteiger partial charge < -0.3 is 19.0 Å². The zero-order valence-corrected chi connectivity index (χ0v) is 19.7. The van der Waals surface area contributed by atoms with Gasteiger partial charge in [0.05, 0.1) is 5.39 Å². The van der Waals surface area contributed by atoms with Crippen molar-refractivity contribution in [3.63, 3.8) is 0 Å². The molecule has 0 atom stereocenters. The molecule has 1 aliphatic rings. The fourth-order valence-corrected chi connectivity index (χ4v) is 4.64. The standard InChI is InChI=1S/C29H30N2O3/c1-30(2)23-16-18-31(19-17-23)24-14-12-22(13-15-24)28-29(33-20-21-8-4-3-5-9-21)27(32)25-10-6-7-11-26(25)34-28/h3-15,23H,16-20H2,1-2H3. The molecule has 0 radical (unpaired) electrons. The molecule has 5 rings (SSSR count). The van der Waals surface area contributed by atoms with Crippen LogP contribution in [0.3, 0.4) is 0 Å². The molecule has 34 heavy (non-hydrogen) atoms. The Morgan fingerprint density at radius 1 is 0.912 bits per heavy atom. The lowest BCUT2D eigenvalue weighted by molar-refractivity contribution is 0.249. The number of benzene rings is 3. The third-order valence-corrected chi connectivity index (χ3v) is 6.67. The molecule has 1 aliphatic heterocycles. The van der Waals surface area contributed by atoms with E-state index in [1.165, 1.54) is 5.69 Å². The summed E-state index contributed by atoms with van der Waals surface area (Å²) >= 11 is 0. The molecule has 0 aliphatic carbocycles. The van der Waals surface area contributed by atoms with Crippen molar-refractivity contribution in [1.29, 1.82) is 0 Å². The van der Waals surface area contributed by atoms with Crippen LogP contribution in [0.5, 0.6) is 5.75 Å². The monoisotopic (exact) mass is 454 g/mol. The minimum Gasteiger partial charge on any atom is -0.481 e. The lowest BCUT2D eigenvalue weighted by Gasteiger charge is -2.36. The zero-order valence-electron chi connectivity index (χ0n) is 19.7. The van der Waals surface area contributed by atoms with E-state index >= 15 is 0 Å². The van der Waals surface area contributed by atoms with E-state index in [-0.39, 0.29) is 11.2 Å². The fraction of sp³-hybridized carbons (Fsp3) is 0.276. The van der Waals surface area contributed by atoms with Gasteiger partial charge in [0, 0.05) is 30.4 Å². The van der Waals surface area contributed by atoms with Gasteiger partial charge in [0.15, 0.2) is 5.76 Å². The fourth-order valence-electron chi connectivity index (χ4n) is 4.64. The van der Waals surface area contributed by atoms with E-state index in [2.05, 4.69) is 36.0 Å². The average Bonchev–Trinajstić information content (AvgIpc) is 2.89. The first-order chi connectivity index (χ1) is 16.6. The number of anilines is 1. The molecule has 1 fully saturated rings. The molecule has 174 valence electrons. The lowest BCUT2D eigenvalue weighted by Crippen LogP contribution is -2.41. The van der Waals surface area contributed by atoms with Crippen LogP contribution in [0.25, 0.3) is 22.3 Å². The Kier molecular flexibility index (Phi) is 6.37. The van der Waals surface area contributed by atoms with Gasteiger partial charge in [0.25, 0.3) is 0 Å². The molecule has 3 aromatic carbocycles. The number of rotatable bonds is 6. The van der Waals surface area contributed by atoms with Gasteiger partial charge >= 0.3 is 0 Å². The summed E-state index contributed by atoms with van der Waals surface area (Å²) in [6.07, 6.45) is 2.32. The van der Waals surface area contributed by atoms with E-state index in [4.69, 9.17) is 9.15 Å². The Morgan fingerprint density at radius 2 is 1.59 bits per heavy atom. The van der Waals surface area contributed by atoms with E-state index in [0.717, 1.165) is 37.1 Å². The summed E-state index contributed by atoms with van der Waals surface area (Å²) in [5.41, 5.74) is 3.43. The summed E-state index contributed by atoms with van der Waals surface area (Å²) in [5, 5.41) is 0.523. The Bertz CT molecular complexity index is 1310. The van der Waals surface area contributed by atoms with Crippen LogP contribution in [-0.2, 0) is 6.61 Å². The molecule has 0 spiro atoms. The van der Waals surface area contributed by atoms with Crippen LogP contribution in [-0.4, -0.2) is 38.1 Å². The molecule has 1 aromatic heterocycles. The van der Waals surface area contributed by atoms with Crippen molar-refractivity contribution in [2.45, 2.75) is 25.5 Å². The number of fused-ring (bicyclic) bond motifs is 1. The Morgan fingerprint density at radius 3 is 2.29 bits per heavy atom. The molecule has 5 nitrogen and oxygen atoms in total. The zero-order chi connectivity index (χ0) is 23.5. The number of para-hydroxylation sites is 1. The van der Waals surface area contributed by atoms with Gasteiger partial charge in [-0.25, -0.2) is 0 Å². The normalized spacial score (nSPS) is 14.6. The highest BCUT2D eigenvalue weighted by Crippen LogP contribution is 2.33. The highest BCUT2D eigenvalue weighted by atomic mass is 16.5. The van der Waals surface area contributed by atoms with Crippen molar-refractivity contribution in [1.82, 2.24) is 4.90 Å². The summed E-state index contributed by atoms with van der Waals surface area (Å²) < 4.78 is 12.3. The number of hydrogen-bond acceptors (Lipinski definition) is 5. The largest absolute Gasteiger partial charge is 0.481 e. The molecule has 0 saturated carbocycles. The highest BCUT2D eigenvalue weighted by molar-refractivity contribution is 5.82. The topological polar surface area (TPSA) is 45.9 Å². The van der Waals surface area contributed by atoms with Crippen molar-refractivity contribution in [3.8, 4) is 17.1 Å². The molecule has 0 N–H and O–H groups in total. The second kappa shape index (κ2) is 9.74. The minimum atomic E-state index is -0.150. The number of nitrogens with zero attached hydrogens (tertiary/aromatic N) is 2. The SMILES string of the molecule is CN(C)C1CCN(c2ccc(-c3oc4ccccc4c(=O)c3OCc3ccccc3)cc2)CC1. The quantitative estimate of drug-likeness (QED) is 0.381. The van der Waals surface area contributed by atoms with Gasteiger partial charge in [-0.1, -0.05) is 42.5 Å². The summed E-state index contributed by atoms with van der Waals surface area (Å²) in [4.78, 5) is 18.1. The van der Waals surface area contributed by atoms with Crippen LogP contribution in [0, 0.1) is 0 Å². The molecule has 0 amide bonds. The molecule has 5 heteroatoms. The van der Waals surface area contributed by atoms with E-state index in [9.17, 15) is 4.79 Å². The predicted octanol–water partition coefficient (Wildman–Crippen LogP) is 5.57. The van der Waals surface area contributed by atoms with Crippen LogP contribution < -0.4 is 15.1 Å². The molecule has 0 unspecified atom stereocenters. The maximum Gasteiger partial charge on any atom is 0.235 e. The van der Waals surface area contributed by atoms with E-state index in [1.807, 2.05) is 60.7 Å². The number of hydrogen-bond donors (Lipinski definition) is 0. The van der Waals surface area contributed by atoms with Crippen LogP contribution in [0.2, 0.25) is 0 Å². The second-order valence-electron chi connectivity index (χ2n) is 9.09. The van der Waals surface area contributed by atoms with Gasteiger partial charge in [-0.2, -0.15) is 0 Å². The van der Waals surface area contributed by atoms with E-state index in [1.54, 1.807) is 6.07 Å². The van der Waals surface area contributed by atoms with Crippen molar-refractivity contribution >= 4 is 16.7 Å². The second-order valence-corrected chi connectivity index (χ2v) is 9.09. The van der Waals surface area contributed by atoms with Crippen molar-refractivity contribution in [2.75, 3.05) is 32.1 Å². The summed E-state index contributed by atoms with van der Waals surface area (Å²) in [6.45, 7) is 2.38. The van der Waals surface area contributed by atoms with Gasteiger partial charge in [0.2, 0.25) is 11.2 Å². The van der Waals surface area contributed by atoms with Gasteiger partial charge in [-0.05, 0) is 68.9 Å². The lowest BCUT2D eigenvalue weighted by atomic mass is 10.0. The van der Waals surface area contributed by atoms with E-state index < -0.39 is 0 Å². The summed E-state index contributed by atoms with van der Waals surface area (Å²) in [6, 6.07) is 26.1. The van der Waals surface area contributed by atoms with Crippen LogP contribution in [0.1, 0.15) is 18.4 Å². The van der Waals surface area contributed by atoms with Gasteiger partial charge in [-0.3, -0.25) is 4.79 Å². The minimum absolute atomic E-state index is 0.150. The Hall–Kier alpha value is -3.57. The highest BCUT2D eigenvalue weighted by Gasteiger charge is 2.22. The third-order valence-electron chi connectivity index (χ3n) is 6.67. The molecule has 2 heterocycles. The van der Waals surface area contributed by atoms with Crippen LogP contribution in [0.15, 0.2) is 88.1 Å². The van der Waals surface area contributed by atoms with Gasteiger partial charge in [0.1, 0.15) is 12.2 Å². The number of ether oxygens (including phenoxy) is 1. The first-order valence-corrected chi connectivity index (χ1v) is 11.8. The summed E-state index contributed by atoms with van der Waals surface area (Å²) in [5.74, 6) is 0.722. The predicted molar refractivity (Wildman–Crippen MR) is 138 cm³/mol. The molecular formula is C29H30N2O3. The first kappa shape index (κ1) is 22.2. The van der Waals surface area contributed by atoms with Crippen molar-refractivity contribution in [2.24, 2.45) is 0 Å².